The van der Waals surface area contributed by atoms with Crippen molar-refractivity contribution in [2.45, 2.75) is 23.8 Å². The molecule has 1 unspecified atom stereocenters. The van der Waals surface area contributed by atoms with Crippen molar-refractivity contribution in [2.75, 3.05) is 19.0 Å². The van der Waals surface area contributed by atoms with Gasteiger partial charge in [0.1, 0.15) is 17.6 Å². The van der Waals surface area contributed by atoms with Crippen LogP contribution in [0, 0.1) is 15.9 Å². The predicted molar refractivity (Wildman–Crippen MR) is 102 cm³/mol. The maximum Gasteiger partial charge on any atom is 0.273 e. The fourth-order valence-corrected chi connectivity index (χ4v) is 4.80. The van der Waals surface area contributed by atoms with Crippen molar-refractivity contribution in [1.82, 2.24) is 4.31 Å². The van der Waals surface area contributed by atoms with Crippen molar-refractivity contribution in [3.05, 3.63) is 58.4 Å². The van der Waals surface area contributed by atoms with E-state index in [-0.39, 0.29) is 28.6 Å². The summed E-state index contributed by atoms with van der Waals surface area (Å²) in [6, 6.07) is 7.11. The number of nitro groups is 1. The Bertz CT molecular complexity index is 1040. The molecule has 29 heavy (non-hydrogen) atoms. The summed E-state index contributed by atoms with van der Waals surface area (Å²) in [6.07, 6.45) is 0.789. The number of benzene rings is 2. The molecule has 9 nitrogen and oxygen atoms in total. The third-order valence-corrected chi connectivity index (χ3v) is 6.50. The Morgan fingerprint density at radius 2 is 1.97 bits per heavy atom. The maximum atomic E-state index is 13.1. The van der Waals surface area contributed by atoms with Gasteiger partial charge in [0.2, 0.25) is 15.9 Å². The molecule has 1 aliphatic rings. The number of hydrogen-bond donors (Lipinski definition) is 1. The molecule has 1 aliphatic heterocycles. The molecule has 1 fully saturated rings. The van der Waals surface area contributed by atoms with Crippen LogP contribution in [0.2, 0.25) is 0 Å². The fraction of sp³-hybridized carbons (Fsp3) is 0.278. The Morgan fingerprint density at radius 3 is 2.59 bits per heavy atom. The Hall–Kier alpha value is -3.05. The molecule has 0 bridgehead atoms. The number of amides is 1. The largest absolute Gasteiger partial charge is 0.494 e. The summed E-state index contributed by atoms with van der Waals surface area (Å²) in [5.41, 5.74) is -0.0182. The summed E-state index contributed by atoms with van der Waals surface area (Å²) in [5, 5.41) is 13.5. The number of hydrogen-bond acceptors (Lipinski definition) is 6. The number of methoxy groups -OCH3 is 1. The van der Waals surface area contributed by atoms with Gasteiger partial charge in [0.25, 0.3) is 5.69 Å². The first-order chi connectivity index (χ1) is 13.7. The molecule has 3 rings (SSSR count). The van der Waals surface area contributed by atoms with Gasteiger partial charge in [-0.1, -0.05) is 0 Å². The lowest BCUT2D eigenvalue weighted by Gasteiger charge is -2.23. The van der Waals surface area contributed by atoms with Crippen molar-refractivity contribution >= 4 is 27.3 Å². The third-order valence-electron chi connectivity index (χ3n) is 4.58. The molecule has 1 atom stereocenters. The van der Waals surface area contributed by atoms with E-state index in [1.807, 2.05) is 0 Å². The Morgan fingerprint density at radius 1 is 1.28 bits per heavy atom. The average molecular weight is 423 g/mol. The second kappa shape index (κ2) is 8.13. The highest BCUT2D eigenvalue weighted by Crippen LogP contribution is 2.31. The lowest BCUT2D eigenvalue weighted by Crippen LogP contribution is -2.43. The zero-order chi connectivity index (χ0) is 21.2. The van der Waals surface area contributed by atoms with Crippen LogP contribution in [0.15, 0.2) is 47.4 Å². The molecule has 0 aromatic heterocycles. The monoisotopic (exact) mass is 423 g/mol. The summed E-state index contributed by atoms with van der Waals surface area (Å²) in [7, 11) is -2.69. The molecule has 2 aromatic rings. The molecule has 2 aromatic carbocycles. The first-order valence-corrected chi connectivity index (χ1v) is 10.1. The second-order valence-corrected chi connectivity index (χ2v) is 8.25. The van der Waals surface area contributed by atoms with Crippen LogP contribution in [0.25, 0.3) is 0 Å². The molecule has 0 spiro atoms. The number of nitro benzene ring substituents is 1. The van der Waals surface area contributed by atoms with Gasteiger partial charge in [-0.05, 0) is 43.2 Å². The van der Waals surface area contributed by atoms with Crippen LogP contribution in [-0.2, 0) is 14.8 Å². The fourth-order valence-electron chi connectivity index (χ4n) is 3.14. The summed E-state index contributed by atoms with van der Waals surface area (Å²) in [6.45, 7) is 0.148. The number of halogens is 1. The van der Waals surface area contributed by atoms with E-state index in [4.69, 9.17) is 4.74 Å². The van der Waals surface area contributed by atoms with E-state index < -0.39 is 32.7 Å². The number of nitrogens with one attached hydrogen (secondary N) is 1. The maximum absolute atomic E-state index is 13.1. The number of ether oxygens (including phenoxy) is 1. The summed E-state index contributed by atoms with van der Waals surface area (Å²) < 4.78 is 45.0. The van der Waals surface area contributed by atoms with Crippen LogP contribution in [-0.4, -0.2) is 43.2 Å². The zero-order valence-electron chi connectivity index (χ0n) is 15.4. The summed E-state index contributed by atoms with van der Waals surface area (Å²) in [4.78, 5) is 23.0. The molecule has 1 amide bonds. The van der Waals surface area contributed by atoms with Crippen molar-refractivity contribution in [3.63, 3.8) is 0 Å². The molecule has 1 saturated heterocycles. The highest BCUT2D eigenvalue weighted by atomic mass is 32.2. The molecule has 0 aliphatic carbocycles. The minimum absolute atomic E-state index is 0.0819. The first-order valence-electron chi connectivity index (χ1n) is 8.65. The molecule has 1 N–H and O–H groups in total. The second-order valence-electron chi connectivity index (χ2n) is 6.36. The molecule has 1 heterocycles. The van der Waals surface area contributed by atoms with E-state index in [1.54, 1.807) is 0 Å². The number of non-ortho nitro benzene ring substituents is 1. The number of carbonyl (C=O) groups is 1. The van der Waals surface area contributed by atoms with E-state index in [1.165, 1.54) is 19.2 Å². The number of nitrogens with zero attached hydrogens (tertiary/aromatic N) is 2. The van der Waals surface area contributed by atoms with Gasteiger partial charge < -0.3 is 10.1 Å². The van der Waals surface area contributed by atoms with Crippen LogP contribution in [0.5, 0.6) is 5.75 Å². The highest BCUT2D eigenvalue weighted by Gasteiger charge is 2.39. The van der Waals surface area contributed by atoms with E-state index >= 15 is 0 Å². The van der Waals surface area contributed by atoms with Crippen LogP contribution < -0.4 is 10.1 Å². The normalized spacial score (nSPS) is 17.1. The van der Waals surface area contributed by atoms with Gasteiger partial charge in [-0.25, -0.2) is 12.8 Å². The van der Waals surface area contributed by atoms with Gasteiger partial charge in [0.15, 0.2) is 0 Å². The Kier molecular flexibility index (Phi) is 5.80. The summed E-state index contributed by atoms with van der Waals surface area (Å²) in [5.74, 6) is -1.07. The Labute approximate surface area is 166 Å². The highest BCUT2D eigenvalue weighted by molar-refractivity contribution is 7.89. The van der Waals surface area contributed by atoms with Gasteiger partial charge in [-0.2, -0.15) is 4.31 Å². The van der Waals surface area contributed by atoms with Crippen molar-refractivity contribution in [2.24, 2.45) is 0 Å². The predicted octanol–water partition coefficient (Wildman–Crippen LogP) is 2.53. The molecule has 0 radical (unpaired) electrons. The van der Waals surface area contributed by atoms with Crippen molar-refractivity contribution in [3.8, 4) is 5.75 Å². The van der Waals surface area contributed by atoms with Crippen LogP contribution >= 0.6 is 0 Å². The molecule has 0 saturated carbocycles. The number of carbonyl (C=O) groups excluding carboxylic acids is 1. The van der Waals surface area contributed by atoms with Crippen LogP contribution in [0.4, 0.5) is 15.8 Å². The number of anilines is 1. The van der Waals surface area contributed by atoms with Gasteiger partial charge >= 0.3 is 0 Å². The van der Waals surface area contributed by atoms with Crippen molar-refractivity contribution < 1.29 is 27.3 Å². The lowest BCUT2D eigenvalue weighted by molar-refractivity contribution is -0.384. The lowest BCUT2D eigenvalue weighted by atomic mass is 10.2. The van der Waals surface area contributed by atoms with E-state index in [9.17, 15) is 27.7 Å². The van der Waals surface area contributed by atoms with Gasteiger partial charge in [0, 0.05) is 12.6 Å². The number of sulfonamides is 1. The topological polar surface area (TPSA) is 119 Å². The van der Waals surface area contributed by atoms with E-state index in [0.717, 1.165) is 34.6 Å². The smallest absolute Gasteiger partial charge is 0.273 e. The zero-order valence-corrected chi connectivity index (χ0v) is 16.2. The van der Waals surface area contributed by atoms with Gasteiger partial charge in [-0.3, -0.25) is 14.9 Å². The summed E-state index contributed by atoms with van der Waals surface area (Å²) >= 11 is 0. The van der Waals surface area contributed by atoms with E-state index in [0.29, 0.717) is 12.8 Å². The van der Waals surface area contributed by atoms with Crippen LogP contribution in [0.3, 0.4) is 0 Å². The molecular formula is C18H18FN3O6S. The third kappa shape index (κ3) is 4.20. The van der Waals surface area contributed by atoms with Gasteiger partial charge in [-0.15, -0.1) is 0 Å². The minimum atomic E-state index is -3.99. The average Bonchev–Trinajstić information content (AvgIpc) is 3.19. The van der Waals surface area contributed by atoms with E-state index in [2.05, 4.69) is 5.32 Å². The van der Waals surface area contributed by atoms with Crippen molar-refractivity contribution in [1.29, 1.82) is 0 Å². The molecular weight excluding hydrogens is 405 g/mol. The Balaban J connectivity index is 1.84. The SMILES string of the molecule is COc1cc([N+](=O)[O-])ccc1NC(=O)C1CCCN1S(=O)(=O)c1ccc(F)cc1. The first kappa shape index (κ1) is 20.7. The molecule has 154 valence electrons. The standard InChI is InChI=1S/C18H18FN3O6S/c1-28-17-11-13(22(24)25)6-9-15(17)20-18(23)16-3-2-10-21(16)29(26,27)14-7-4-12(19)5-8-14/h4-9,11,16H,2-3,10H2,1H3,(H,20,23). The van der Waals surface area contributed by atoms with Crippen LogP contribution in [0.1, 0.15) is 12.8 Å². The molecule has 11 heteroatoms. The number of rotatable bonds is 6. The quantitative estimate of drug-likeness (QED) is 0.563. The van der Waals surface area contributed by atoms with Gasteiger partial charge in [0.05, 0.1) is 28.7 Å². The minimum Gasteiger partial charge on any atom is -0.494 e.